The van der Waals surface area contributed by atoms with Gasteiger partial charge in [0, 0.05) is 31.4 Å². The van der Waals surface area contributed by atoms with E-state index in [4.69, 9.17) is 5.73 Å². The number of piperidine rings is 1. The molecule has 1 fully saturated rings. The largest absolute Gasteiger partial charge is 0.371 e. The van der Waals surface area contributed by atoms with Crippen LogP contribution in [-0.2, 0) is 10.0 Å². The summed E-state index contributed by atoms with van der Waals surface area (Å²) in [5.74, 6) is 0.453. The van der Waals surface area contributed by atoms with Crippen molar-refractivity contribution in [2.45, 2.75) is 31.2 Å². The molecule has 0 spiro atoms. The van der Waals surface area contributed by atoms with Crippen LogP contribution in [0.1, 0.15) is 20.3 Å². The summed E-state index contributed by atoms with van der Waals surface area (Å²) in [7, 11) is -3.37. The van der Waals surface area contributed by atoms with Crippen molar-refractivity contribution < 1.29 is 8.42 Å². The predicted octanol–water partition coefficient (Wildman–Crippen LogP) is 1.16. The first-order chi connectivity index (χ1) is 9.44. The molecule has 2 atom stereocenters. The quantitative estimate of drug-likeness (QED) is 0.874. The van der Waals surface area contributed by atoms with Gasteiger partial charge < -0.3 is 10.6 Å². The van der Waals surface area contributed by atoms with Crippen LogP contribution >= 0.6 is 0 Å². The zero-order valence-electron chi connectivity index (χ0n) is 12.0. The summed E-state index contributed by atoms with van der Waals surface area (Å²) >= 11 is 0. The number of rotatable bonds is 4. The average molecular weight is 297 g/mol. The van der Waals surface area contributed by atoms with Gasteiger partial charge in [-0.1, -0.05) is 13.8 Å². The molecule has 0 aromatic heterocycles. The molecule has 5 nitrogen and oxygen atoms in total. The Kier molecular flexibility index (Phi) is 4.67. The highest BCUT2D eigenvalue weighted by atomic mass is 32.2. The van der Waals surface area contributed by atoms with Crippen LogP contribution in [0.5, 0.6) is 0 Å². The summed E-state index contributed by atoms with van der Waals surface area (Å²) in [5.41, 5.74) is 7.07. The van der Waals surface area contributed by atoms with E-state index in [0.717, 1.165) is 25.2 Å². The second kappa shape index (κ2) is 6.11. The van der Waals surface area contributed by atoms with Gasteiger partial charge in [-0.2, -0.15) is 0 Å². The third kappa shape index (κ3) is 3.31. The molecule has 1 heterocycles. The topological polar surface area (TPSA) is 75.4 Å². The first-order valence-electron chi connectivity index (χ1n) is 7.04. The Morgan fingerprint density at radius 3 is 2.55 bits per heavy atom. The summed E-state index contributed by atoms with van der Waals surface area (Å²) in [4.78, 5) is 2.57. The fraction of sp³-hybridized carbons (Fsp3) is 0.571. The first-order valence-corrected chi connectivity index (χ1v) is 8.52. The van der Waals surface area contributed by atoms with E-state index in [2.05, 4.69) is 16.5 Å². The summed E-state index contributed by atoms with van der Waals surface area (Å²) in [6.45, 7) is 6.15. The molecule has 0 radical (unpaired) electrons. The van der Waals surface area contributed by atoms with Crippen molar-refractivity contribution in [2.75, 3.05) is 24.5 Å². The maximum absolute atomic E-state index is 11.9. The zero-order chi connectivity index (χ0) is 14.8. The van der Waals surface area contributed by atoms with Crippen LogP contribution in [0.25, 0.3) is 0 Å². The molecule has 0 saturated carbocycles. The van der Waals surface area contributed by atoms with Gasteiger partial charge in [0.2, 0.25) is 10.0 Å². The zero-order valence-corrected chi connectivity index (χ0v) is 12.9. The number of hydrogen-bond donors (Lipinski definition) is 2. The molecule has 2 unspecified atom stereocenters. The molecule has 0 amide bonds. The number of nitrogens with one attached hydrogen (secondary N) is 1. The lowest BCUT2D eigenvalue weighted by Crippen LogP contribution is -2.45. The maximum atomic E-state index is 11.9. The van der Waals surface area contributed by atoms with Gasteiger partial charge >= 0.3 is 0 Å². The summed E-state index contributed by atoms with van der Waals surface area (Å²) in [6, 6.07) is 7.32. The molecular formula is C14H23N3O2S. The van der Waals surface area contributed by atoms with Crippen molar-refractivity contribution in [3.05, 3.63) is 24.3 Å². The van der Waals surface area contributed by atoms with Crippen LogP contribution in [0, 0.1) is 5.92 Å². The fourth-order valence-corrected chi connectivity index (χ4v) is 3.55. The lowest BCUT2D eigenvalue weighted by molar-refractivity contribution is 0.383. The highest BCUT2D eigenvalue weighted by molar-refractivity contribution is 7.89. The van der Waals surface area contributed by atoms with Crippen LogP contribution in [0.15, 0.2) is 29.2 Å². The van der Waals surface area contributed by atoms with E-state index in [0.29, 0.717) is 17.4 Å². The molecule has 1 aromatic carbocycles. The van der Waals surface area contributed by atoms with Gasteiger partial charge in [0.05, 0.1) is 4.90 Å². The molecule has 3 N–H and O–H groups in total. The van der Waals surface area contributed by atoms with Gasteiger partial charge in [-0.05, 0) is 36.6 Å². The van der Waals surface area contributed by atoms with Gasteiger partial charge in [0.25, 0.3) is 0 Å². The van der Waals surface area contributed by atoms with Crippen molar-refractivity contribution in [3.63, 3.8) is 0 Å². The van der Waals surface area contributed by atoms with Crippen molar-refractivity contribution in [1.29, 1.82) is 0 Å². The van der Waals surface area contributed by atoms with Crippen molar-refractivity contribution in [1.82, 2.24) is 4.72 Å². The lowest BCUT2D eigenvalue weighted by atomic mass is 9.94. The van der Waals surface area contributed by atoms with E-state index in [1.165, 1.54) is 0 Å². The fourth-order valence-electron chi connectivity index (χ4n) is 2.51. The van der Waals surface area contributed by atoms with Gasteiger partial charge in [-0.15, -0.1) is 0 Å². The molecule has 0 bridgehead atoms. The first kappa shape index (κ1) is 15.3. The van der Waals surface area contributed by atoms with Crippen molar-refractivity contribution in [3.8, 4) is 0 Å². The number of nitrogens with zero attached hydrogens (tertiary/aromatic N) is 1. The minimum Gasteiger partial charge on any atom is -0.371 e. The molecule has 112 valence electrons. The van der Waals surface area contributed by atoms with Gasteiger partial charge in [0.15, 0.2) is 0 Å². The third-order valence-corrected chi connectivity index (χ3v) is 5.38. The second-order valence-corrected chi connectivity index (χ2v) is 7.14. The van der Waals surface area contributed by atoms with Crippen LogP contribution in [0.4, 0.5) is 5.69 Å². The smallest absolute Gasteiger partial charge is 0.240 e. The number of hydrogen-bond acceptors (Lipinski definition) is 4. The highest BCUT2D eigenvalue weighted by Gasteiger charge is 2.23. The van der Waals surface area contributed by atoms with E-state index in [-0.39, 0.29) is 6.04 Å². The van der Waals surface area contributed by atoms with E-state index in [1.54, 1.807) is 19.1 Å². The Morgan fingerprint density at radius 1 is 1.35 bits per heavy atom. The second-order valence-electron chi connectivity index (χ2n) is 5.37. The SMILES string of the molecule is CCNS(=O)(=O)c1ccc(N2CCC(N)C(C)C2)cc1. The van der Waals surface area contributed by atoms with E-state index in [1.807, 2.05) is 12.1 Å². The Morgan fingerprint density at radius 2 is 2.00 bits per heavy atom. The average Bonchev–Trinajstić information content (AvgIpc) is 2.42. The summed E-state index contributed by atoms with van der Waals surface area (Å²) in [6.07, 6.45) is 0.971. The molecule has 6 heteroatoms. The van der Waals surface area contributed by atoms with Gasteiger partial charge in [-0.3, -0.25) is 0 Å². The minimum atomic E-state index is -3.37. The molecule has 1 saturated heterocycles. The lowest BCUT2D eigenvalue weighted by Gasteiger charge is -2.36. The predicted molar refractivity (Wildman–Crippen MR) is 81.3 cm³/mol. The maximum Gasteiger partial charge on any atom is 0.240 e. The van der Waals surface area contributed by atoms with Crippen LogP contribution in [0.2, 0.25) is 0 Å². The van der Waals surface area contributed by atoms with E-state index >= 15 is 0 Å². The van der Waals surface area contributed by atoms with Gasteiger partial charge in [-0.25, -0.2) is 13.1 Å². The summed E-state index contributed by atoms with van der Waals surface area (Å²) in [5, 5.41) is 0. The van der Waals surface area contributed by atoms with Crippen LogP contribution in [0.3, 0.4) is 0 Å². The van der Waals surface area contributed by atoms with Crippen LogP contribution < -0.4 is 15.4 Å². The normalized spacial score (nSPS) is 23.9. The number of anilines is 1. The van der Waals surface area contributed by atoms with Crippen LogP contribution in [-0.4, -0.2) is 34.1 Å². The Labute approximate surface area is 121 Å². The molecule has 2 rings (SSSR count). The van der Waals surface area contributed by atoms with E-state index < -0.39 is 10.0 Å². The highest BCUT2D eigenvalue weighted by Crippen LogP contribution is 2.23. The van der Waals surface area contributed by atoms with E-state index in [9.17, 15) is 8.42 Å². The summed E-state index contributed by atoms with van der Waals surface area (Å²) < 4.78 is 26.2. The number of sulfonamides is 1. The molecule has 20 heavy (non-hydrogen) atoms. The Balaban J connectivity index is 2.13. The molecular weight excluding hydrogens is 274 g/mol. The molecule has 1 aromatic rings. The van der Waals surface area contributed by atoms with Crippen molar-refractivity contribution in [2.24, 2.45) is 11.7 Å². The molecule has 1 aliphatic heterocycles. The minimum absolute atomic E-state index is 0.264. The number of nitrogens with two attached hydrogens (primary N) is 1. The monoisotopic (exact) mass is 297 g/mol. The Hall–Kier alpha value is -1.11. The Bertz CT molecular complexity index is 542. The molecule has 0 aliphatic carbocycles. The number of benzene rings is 1. The van der Waals surface area contributed by atoms with Gasteiger partial charge in [0.1, 0.15) is 0 Å². The third-order valence-electron chi connectivity index (χ3n) is 3.82. The molecule has 1 aliphatic rings. The standard InChI is InChI=1S/C14H23N3O2S/c1-3-16-20(18,19)13-6-4-12(5-7-13)17-9-8-14(15)11(2)10-17/h4-7,11,14,16H,3,8-10,15H2,1-2H3. The van der Waals surface area contributed by atoms with Crippen molar-refractivity contribution >= 4 is 15.7 Å².